The van der Waals surface area contributed by atoms with Gasteiger partial charge in [-0.25, -0.2) is 28.7 Å². The highest BCUT2D eigenvalue weighted by Gasteiger charge is 2.38. The Morgan fingerprint density at radius 2 is 1.14 bits per heavy atom. The van der Waals surface area contributed by atoms with E-state index in [9.17, 15) is 4.39 Å². The zero-order chi connectivity index (χ0) is 43.6. The molecular weight excluding hydrogens is 836 g/mol. The molecule has 10 rings (SSSR count). The third-order valence-corrected chi connectivity index (χ3v) is 11.4. The Hall–Kier alpha value is -6.13. The summed E-state index contributed by atoms with van der Waals surface area (Å²) in [6.45, 7) is 7.59. The number of likely N-dealkylation sites (tertiary alicyclic amines) is 1. The molecule has 6 aromatic rings. The Balaban J connectivity index is 0.000000164. The highest BCUT2D eigenvalue weighted by molar-refractivity contribution is 6.18. The average molecular weight is 880 g/mol. The van der Waals surface area contributed by atoms with Gasteiger partial charge >= 0.3 is 0 Å². The van der Waals surface area contributed by atoms with E-state index >= 15 is 4.39 Å². The van der Waals surface area contributed by atoms with Crippen molar-refractivity contribution in [2.45, 2.75) is 38.9 Å². The van der Waals surface area contributed by atoms with Gasteiger partial charge in [-0.15, -0.1) is 11.6 Å². The molecule has 2 aliphatic heterocycles. The van der Waals surface area contributed by atoms with Gasteiger partial charge in [0.2, 0.25) is 11.8 Å². The number of alkyl halides is 1. The number of hydrogen-bond donors (Lipinski definition) is 0. The van der Waals surface area contributed by atoms with Gasteiger partial charge in [0.05, 0.1) is 41.9 Å². The molecule has 0 radical (unpaired) electrons. The predicted octanol–water partition coefficient (Wildman–Crippen LogP) is 9.11. The van der Waals surface area contributed by atoms with Crippen LogP contribution in [0.3, 0.4) is 0 Å². The predicted molar refractivity (Wildman–Crippen MR) is 233 cm³/mol. The van der Waals surface area contributed by atoms with Crippen LogP contribution in [-0.2, 0) is 22.3 Å². The third-order valence-electron chi connectivity index (χ3n) is 11.2. The van der Waals surface area contributed by atoms with Crippen LogP contribution in [-0.4, -0.2) is 96.8 Å². The molecule has 2 saturated heterocycles. The van der Waals surface area contributed by atoms with Crippen LogP contribution in [0.4, 0.5) is 8.78 Å². The summed E-state index contributed by atoms with van der Waals surface area (Å²) in [6.07, 6.45) is 8.27. The van der Waals surface area contributed by atoms with Crippen molar-refractivity contribution in [3.8, 4) is 46.3 Å². The Morgan fingerprint density at radius 3 is 1.62 bits per heavy atom. The van der Waals surface area contributed by atoms with Gasteiger partial charge in [0.1, 0.15) is 44.9 Å². The van der Waals surface area contributed by atoms with Crippen LogP contribution < -0.4 is 28.4 Å². The zero-order valence-corrected chi connectivity index (χ0v) is 35.8. The van der Waals surface area contributed by atoms with Gasteiger partial charge in [-0.05, 0) is 62.1 Å². The molecule has 2 atom stereocenters. The van der Waals surface area contributed by atoms with E-state index in [0.29, 0.717) is 81.8 Å². The van der Waals surface area contributed by atoms with Gasteiger partial charge in [-0.2, -0.15) is 0 Å². The largest absolute Gasteiger partial charge is 0.493 e. The van der Waals surface area contributed by atoms with Crippen molar-refractivity contribution < 1.29 is 46.7 Å². The van der Waals surface area contributed by atoms with Crippen molar-refractivity contribution in [3.63, 3.8) is 0 Å². The molecule has 13 nitrogen and oxygen atoms in total. The van der Waals surface area contributed by atoms with Crippen molar-refractivity contribution in [3.05, 3.63) is 106 Å². The molecule has 2 fully saturated rings. The lowest BCUT2D eigenvalue weighted by Gasteiger charge is -2.18. The van der Waals surface area contributed by atoms with Crippen LogP contribution in [0.25, 0.3) is 34.0 Å². The zero-order valence-electron chi connectivity index (χ0n) is 35.1. The molecule has 2 aliphatic carbocycles. The number of methoxy groups -OCH3 is 2. The number of nitrogens with zero attached hydrogens (tertiary/aromatic N) is 5. The van der Waals surface area contributed by atoms with E-state index in [1.807, 2.05) is 38.1 Å². The molecule has 326 valence electrons. The van der Waals surface area contributed by atoms with E-state index in [0.717, 1.165) is 54.7 Å². The summed E-state index contributed by atoms with van der Waals surface area (Å²) in [4.78, 5) is 19.3. The van der Waals surface area contributed by atoms with Gasteiger partial charge in [0.15, 0.2) is 46.1 Å². The number of hydrogen-bond acceptors (Lipinski definition) is 13. The molecule has 4 heterocycles. The first-order valence-corrected chi connectivity index (χ1v) is 21.0. The summed E-state index contributed by atoms with van der Waals surface area (Å²) in [5.41, 5.74) is 6.50. The number of halogens is 3. The fourth-order valence-corrected chi connectivity index (χ4v) is 8.24. The summed E-state index contributed by atoms with van der Waals surface area (Å²) in [6, 6.07) is 14.0. The van der Waals surface area contributed by atoms with Gasteiger partial charge in [0.25, 0.3) is 0 Å². The summed E-state index contributed by atoms with van der Waals surface area (Å²) < 4.78 is 75.5. The Kier molecular flexibility index (Phi) is 12.3. The lowest BCUT2D eigenvalue weighted by Crippen LogP contribution is -2.28. The fraction of sp³-hybridized carbons (Fsp3) is 0.319. The number of aromatic nitrogens is 4. The summed E-state index contributed by atoms with van der Waals surface area (Å²) in [5.74, 6) is 2.40. The van der Waals surface area contributed by atoms with Crippen LogP contribution >= 0.6 is 11.6 Å². The fourth-order valence-electron chi connectivity index (χ4n) is 8.16. The maximum atomic E-state index is 15.1. The number of fused-ring (bicyclic) bond motifs is 5. The van der Waals surface area contributed by atoms with Crippen molar-refractivity contribution >= 4 is 45.6 Å². The molecule has 4 aromatic carbocycles. The molecule has 4 aliphatic rings. The van der Waals surface area contributed by atoms with Gasteiger partial charge in [-0.3, -0.25) is 4.90 Å². The topological polar surface area (TPSA) is 129 Å². The molecule has 0 N–H and O–H groups in total. The summed E-state index contributed by atoms with van der Waals surface area (Å²) >= 11 is 5.69. The van der Waals surface area contributed by atoms with Crippen LogP contribution in [0.1, 0.15) is 36.1 Å². The average Bonchev–Trinajstić information content (AvgIpc) is 4.09. The van der Waals surface area contributed by atoms with E-state index in [2.05, 4.69) is 24.8 Å². The van der Waals surface area contributed by atoms with Gasteiger partial charge in [0, 0.05) is 42.9 Å². The minimum absolute atomic E-state index is 0.117. The van der Waals surface area contributed by atoms with E-state index in [1.54, 1.807) is 43.5 Å². The maximum absolute atomic E-state index is 15.1. The van der Waals surface area contributed by atoms with Gasteiger partial charge < -0.3 is 37.9 Å². The van der Waals surface area contributed by atoms with E-state index in [1.165, 1.54) is 19.8 Å². The van der Waals surface area contributed by atoms with Crippen LogP contribution in [0, 0.1) is 11.6 Å². The number of benzene rings is 4. The number of rotatable bonds is 13. The quantitative estimate of drug-likeness (QED) is 0.102. The minimum atomic E-state index is -0.393. The van der Waals surface area contributed by atoms with Crippen LogP contribution in [0.2, 0.25) is 0 Å². The molecule has 0 spiro atoms. The smallest absolute Gasteiger partial charge is 0.230 e. The third kappa shape index (κ3) is 8.78. The standard InChI is InChI=1S/C26H26FN3O5.C21H18ClFN2O3/c1-15-7-16-3-4-20(25(27)17(16)8-15)35-26-18-9-21(31-2)22(10-19(18)28-13-29-26)32-6-5-30-11-23-24(12-30)34-14-33-23;1-12-7-13-3-4-17(20(23)14(13)8-12)28-21-15-9-18(26-2)19(27-6-5-22)10-16(15)24-11-25-21/h3-4,8-10,13,23-24H,5-7,11-12,14H2,1-2H3;3-4,8-11H,5-7H2,1-2H3. The summed E-state index contributed by atoms with van der Waals surface area (Å²) in [5, 5.41) is 1.19. The SMILES string of the molecule is COc1cc2c(Oc3ccc4c(c3F)C=C(C)C4)ncnc2cc1OCCCl.COc1cc2c(Oc3ccc4c(c3F)C=C(C)C4)ncnc2cc1OCCN1CC2OCOC2C1. The molecule has 2 aromatic heterocycles. The second-order valence-electron chi connectivity index (χ2n) is 15.5. The number of allylic oxidation sites excluding steroid dienone is 2. The van der Waals surface area contributed by atoms with Crippen molar-refractivity contribution in [1.82, 2.24) is 24.8 Å². The monoisotopic (exact) mass is 879 g/mol. The maximum Gasteiger partial charge on any atom is 0.230 e. The molecule has 0 saturated carbocycles. The van der Waals surface area contributed by atoms with Crippen molar-refractivity contribution in [2.75, 3.05) is 59.7 Å². The highest BCUT2D eigenvalue weighted by atomic mass is 35.5. The highest BCUT2D eigenvalue weighted by Crippen LogP contribution is 2.40. The molecule has 16 heteroatoms. The summed E-state index contributed by atoms with van der Waals surface area (Å²) in [7, 11) is 3.11. The molecule has 0 bridgehead atoms. The minimum Gasteiger partial charge on any atom is -0.493 e. The van der Waals surface area contributed by atoms with Gasteiger partial charge in [-0.1, -0.05) is 35.4 Å². The normalized spacial score (nSPS) is 17.4. The molecule has 63 heavy (non-hydrogen) atoms. The second kappa shape index (κ2) is 18.3. The lowest BCUT2D eigenvalue weighted by atomic mass is 10.1. The van der Waals surface area contributed by atoms with E-state index < -0.39 is 5.82 Å². The molecule has 2 unspecified atom stereocenters. The first-order valence-electron chi connectivity index (χ1n) is 20.4. The Bertz CT molecular complexity index is 2760. The first-order chi connectivity index (χ1) is 30.7. The van der Waals surface area contributed by atoms with Crippen LogP contribution in [0.15, 0.2) is 72.3 Å². The van der Waals surface area contributed by atoms with Crippen LogP contribution in [0.5, 0.6) is 46.3 Å². The first kappa shape index (κ1) is 42.2. The molecular formula is C47H44ClF2N5O8. The van der Waals surface area contributed by atoms with E-state index in [-0.39, 0.29) is 41.3 Å². The van der Waals surface area contributed by atoms with E-state index in [4.69, 9.17) is 49.5 Å². The van der Waals surface area contributed by atoms with Crippen molar-refractivity contribution in [1.29, 1.82) is 0 Å². The molecule has 0 amide bonds. The Morgan fingerprint density at radius 1 is 0.651 bits per heavy atom. The van der Waals surface area contributed by atoms with Crippen molar-refractivity contribution in [2.24, 2.45) is 0 Å². The Labute approximate surface area is 367 Å². The second-order valence-corrected chi connectivity index (χ2v) is 15.9. The lowest BCUT2D eigenvalue weighted by molar-refractivity contribution is 0.0140. The number of ether oxygens (including phenoxy) is 8.